The van der Waals surface area contributed by atoms with Gasteiger partial charge in [-0.05, 0) is 25.7 Å². The van der Waals surface area contributed by atoms with E-state index in [1.54, 1.807) is 0 Å². The molecule has 0 amide bonds. The molecule has 0 aliphatic heterocycles. The van der Waals surface area contributed by atoms with Gasteiger partial charge in [0.05, 0.1) is 26.4 Å². The minimum Gasteiger partial charge on any atom is -0.462 e. The number of rotatable bonds is 48. The van der Waals surface area contributed by atoms with Crippen LogP contribution in [-0.2, 0) is 65.4 Å². The van der Waals surface area contributed by atoms with Crippen LogP contribution in [0.15, 0.2) is 0 Å². The summed E-state index contributed by atoms with van der Waals surface area (Å²) in [4.78, 5) is 70.7. The lowest BCUT2D eigenvalue weighted by Crippen LogP contribution is -2.30. The van der Waals surface area contributed by atoms with E-state index in [2.05, 4.69) is 20.8 Å². The number of esters is 4. The molecule has 0 saturated heterocycles. The predicted molar refractivity (Wildman–Crippen MR) is 252 cm³/mol. The van der Waals surface area contributed by atoms with Crippen molar-refractivity contribution in [3.63, 3.8) is 0 Å². The van der Waals surface area contributed by atoms with Crippen molar-refractivity contribution in [2.45, 2.75) is 239 Å². The molecule has 0 aromatic heterocycles. The van der Waals surface area contributed by atoms with Crippen LogP contribution in [0.5, 0.6) is 0 Å². The van der Waals surface area contributed by atoms with Crippen molar-refractivity contribution in [3.8, 4) is 0 Å². The van der Waals surface area contributed by atoms with Crippen molar-refractivity contribution in [2.75, 3.05) is 39.6 Å². The number of unbranched alkanes of at least 4 members (excludes halogenated alkanes) is 22. The Labute approximate surface area is 397 Å². The first kappa shape index (κ1) is 64.1. The van der Waals surface area contributed by atoms with Gasteiger partial charge in [-0.25, -0.2) is 9.13 Å². The minimum atomic E-state index is -4.92. The molecule has 0 bridgehead atoms. The zero-order chi connectivity index (χ0) is 49.2. The van der Waals surface area contributed by atoms with Crippen LogP contribution in [0.3, 0.4) is 0 Å². The number of carbonyl (C=O) groups excluding carboxylic acids is 4. The summed E-state index contributed by atoms with van der Waals surface area (Å²) >= 11 is 0. The largest absolute Gasteiger partial charge is 0.472 e. The number of aliphatic hydroxyl groups is 1. The zero-order valence-electron chi connectivity index (χ0n) is 41.1. The van der Waals surface area contributed by atoms with Crippen LogP contribution in [-0.4, -0.2) is 96.7 Å². The van der Waals surface area contributed by atoms with Crippen LogP contribution < -0.4 is 0 Å². The van der Waals surface area contributed by atoms with E-state index in [0.29, 0.717) is 25.7 Å². The predicted octanol–water partition coefficient (Wildman–Crippen LogP) is 11.3. The monoisotopic (exact) mass is 989 g/mol. The third kappa shape index (κ3) is 42.2. The van der Waals surface area contributed by atoms with E-state index in [-0.39, 0.29) is 25.7 Å². The Kier molecular flexibility index (Phi) is 41.8. The van der Waals surface area contributed by atoms with Gasteiger partial charge in [-0.1, -0.05) is 169 Å². The summed E-state index contributed by atoms with van der Waals surface area (Å²) < 4.78 is 66.7. The highest BCUT2D eigenvalue weighted by Crippen LogP contribution is 2.45. The summed E-state index contributed by atoms with van der Waals surface area (Å²) in [7, 11) is -9.82. The Hall–Kier alpha value is -1.94. The maximum atomic E-state index is 12.8. The summed E-state index contributed by atoms with van der Waals surface area (Å²) in [6.07, 6.45) is 22.1. The second-order valence-electron chi connectivity index (χ2n) is 17.1. The van der Waals surface area contributed by atoms with Crippen molar-refractivity contribution in [1.29, 1.82) is 0 Å². The van der Waals surface area contributed by atoms with Gasteiger partial charge >= 0.3 is 39.5 Å². The molecule has 0 spiro atoms. The Morgan fingerprint density at radius 2 is 0.606 bits per heavy atom. The molecule has 0 radical (unpaired) electrons. The first-order valence-corrected chi connectivity index (χ1v) is 28.3. The third-order valence-corrected chi connectivity index (χ3v) is 12.5. The van der Waals surface area contributed by atoms with Crippen molar-refractivity contribution >= 4 is 39.5 Å². The van der Waals surface area contributed by atoms with Gasteiger partial charge in [0.1, 0.15) is 19.3 Å². The molecule has 0 saturated carbocycles. The normalized spacial score (nSPS) is 14.7. The average Bonchev–Trinajstić information content (AvgIpc) is 3.28. The highest BCUT2D eigenvalue weighted by atomic mass is 31.2. The summed E-state index contributed by atoms with van der Waals surface area (Å²) in [5.74, 6) is -2.19. The molecule has 5 atom stereocenters. The van der Waals surface area contributed by atoms with Gasteiger partial charge < -0.3 is 33.8 Å². The maximum Gasteiger partial charge on any atom is 0.472 e. The fourth-order valence-corrected chi connectivity index (χ4v) is 8.21. The van der Waals surface area contributed by atoms with Gasteiger partial charge in [-0.3, -0.25) is 37.3 Å². The average molecular weight is 989 g/mol. The van der Waals surface area contributed by atoms with E-state index in [9.17, 15) is 43.2 Å². The third-order valence-electron chi connectivity index (χ3n) is 10.6. The van der Waals surface area contributed by atoms with E-state index in [1.165, 1.54) is 32.1 Å². The molecule has 0 heterocycles. The molecule has 19 heteroatoms. The topological polar surface area (TPSA) is 237 Å². The molecule has 0 aliphatic carbocycles. The van der Waals surface area contributed by atoms with E-state index in [4.69, 9.17) is 37.0 Å². The smallest absolute Gasteiger partial charge is 0.462 e. The van der Waals surface area contributed by atoms with Crippen LogP contribution in [0, 0.1) is 0 Å². The lowest BCUT2D eigenvalue weighted by molar-refractivity contribution is -0.161. The highest BCUT2D eigenvalue weighted by Gasteiger charge is 2.30. The van der Waals surface area contributed by atoms with E-state index >= 15 is 0 Å². The van der Waals surface area contributed by atoms with Crippen molar-refractivity contribution in [3.05, 3.63) is 0 Å². The maximum absolute atomic E-state index is 12.8. The SMILES string of the molecule is CCCCCCCCCCC(=O)OC[C@H](COP(=O)(O)OC[C@@H](O)COP(=O)(O)OC[C@@H](COC(=O)CCCCCCCC)OC(=O)CCCCCC)OC(=O)CCCCCCCCCC. The number of hydrogen-bond donors (Lipinski definition) is 3. The van der Waals surface area contributed by atoms with E-state index < -0.39 is 97.5 Å². The Bertz CT molecular complexity index is 1320. The van der Waals surface area contributed by atoms with E-state index in [1.807, 2.05) is 6.92 Å². The van der Waals surface area contributed by atoms with Crippen LogP contribution in [0.1, 0.15) is 220 Å². The molecular weight excluding hydrogens is 898 g/mol. The van der Waals surface area contributed by atoms with Crippen LogP contribution in [0.25, 0.3) is 0 Å². The summed E-state index contributed by atoms with van der Waals surface area (Å²) in [5.41, 5.74) is 0. The van der Waals surface area contributed by atoms with Crippen molar-refractivity contribution in [2.24, 2.45) is 0 Å². The Balaban J connectivity index is 5.12. The minimum absolute atomic E-state index is 0.0954. The second-order valence-corrected chi connectivity index (χ2v) is 20.0. The second kappa shape index (κ2) is 43.1. The summed E-state index contributed by atoms with van der Waals surface area (Å²) in [5, 5.41) is 10.4. The van der Waals surface area contributed by atoms with Gasteiger partial charge in [-0.2, -0.15) is 0 Å². The number of ether oxygens (including phenoxy) is 4. The van der Waals surface area contributed by atoms with Gasteiger partial charge in [0, 0.05) is 25.7 Å². The van der Waals surface area contributed by atoms with Crippen molar-refractivity contribution in [1.82, 2.24) is 0 Å². The number of hydrogen-bond acceptors (Lipinski definition) is 15. The molecule has 0 rings (SSSR count). The van der Waals surface area contributed by atoms with E-state index in [0.717, 1.165) is 109 Å². The van der Waals surface area contributed by atoms with Crippen molar-refractivity contribution < 1.29 is 80.2 Å². The van der Waals surface area contributed by atoms with Crippen LogP contribution in [0.4, 0.5) is 0 Å². The number of phosphoric acid groups is 2. The highest BCUT2D eigenvalue weighted by molar-refractivity contribution is 7.47. The fraction of sp³-hybridized carbons (Fsp3) is 0.915. The molecule has 2 unspecified atom stereocenters. The first-order valence-electron chi connectivity index (χ1n) is 25.3. The Morgan fingerprint density at radius 3 is 0.909 bits per heavy atom. The molecule has 0 aromatic carbocycles. The molecule has 3 N–H and O–H groups in total. The van der Waals surface area contributed by atoms with Gasteiger partial charge in [-0.15, -0.1) is 0 Å². The number of phosphoric ester groups is 2. The Morgan fingerprint density at radius 1 is 0.364 bits per heavy atom. The van der Waals surface area contributed by atoms with Gasteiger partial charge in [0.25, 0.3) is 0 Å². The molecule has 0 aromatic rings. The zero-order valence-corrected chi connectivity index (χ0v) is 42.9. The van der Waals surface area contributed by atoms with Crippen LogP contribution in [0.2, 0.25) is 0 Å². The summed E-state index contributed by atoms with van der Waals surface area (Å²) in [6, 6.07) is 0. The number of aliphatic hydroxyl groups excluding tert-OH is 1. The molecule has 390 valence electrons. The van der Waals surface area contributed by atoms with Gasteiger partial charge in [0.2, 0.25) is 0 Å². The molecule has 0 aliphatic rings. The quantitative estimate of drug-likeness (QED) is 0.0222. The fourth-order valence-electron chi connectivity index (χ4n) is 6.63. The lowest BCUT2D eigenvalue weighted by atomic mass is 10.1. The summed E-state index contributed by atoms with van der Waals surface area (Å²) in [6.45, 7) is 4.51. The molecule has 66 heavy (non-hydrogen) atoms. The van der Waals surface area contributed by atoms with Gasteiger partial charge in [0.15, 0.2) is 12.2 Å². The lowest BCUT2D eigenvalue weighted by Gasteiger charge is -2.21. The molecule has 17 nitrogen and oxygen atoms in total. The van der Waals surface area contributed by atoms with Crippen LogP contribution >= 0.6 is 15.6 Å². The molecule has 0 fully saturated rings. The standard InChI is InChI=1S/C47H90O17P2/c1-5-9-13-17-20-22-25-29-32-45(50)58-38-43(64-47(52)34-30-26-23-21-18-14-10-6-2)40-62-66(55,56)60-36-41(48)35-59-65(53,54)61-39-42(63-46(51)33-27-16-12-8-4)37-57-44(49)31-28-24-19-15-11-7-3/h41-43,48H,5-40H2,1-4H3,(H,53,54)(H,55,56)/t41-,42+,43+/m0/s1. The first-order chi connectivity index (χ1) is 31.7. The molecular formula is C47H90O17P2. The number of carbonyl (C=O) groups is 4.